The fourth-order valence-corrected chi connectivity index (χ4v) is 2.45. The number of ether oxygens (including phenoxy) is 1. The van der Waals surface area contributed by atoms with Gasteiger partial charge in [-0.2, -0.15) is 0 Å². The van der Waals surface area contributed by atoms with Gasteiger partial charge in [0.25, 0.3) is 0 Å². The molecule has 5 nitrogen and oxygen atoms in total. The van der Waals surface area contributed by atoms with Crippen LogP contribution in [-0.4, -0.2) is 23.6 Å². The van der Waals surface area contributed by atoms with Gasteiger partial charge in [0.2, 0.25) is 5.91 Å². The number of amides is 2. The molecule has 24 heavy (non-hydrogen) atoms. The van der Waals surface area contributed by atoms with Crippen LogP contribution in [0.15, 0.2) is 22.7 Å². The standard InChI is InChI=1S/C17H24BrClN2O3/c1-10(2)8-14(21-16(23)24-17(3,4)5)15(22)20-11-6-7-13(19)12(18)9-11/h6-7,9-10,14H,8H2,1-5H3,(H,20,22)(H,21,23)/t14-/m0/s1. The molecular formula is C17H24BrClN2O3. The van der Waals surface area contributed by atoms with Gasteiger partial charge in [0.15, 0.2) is 0 Å². The number of halogens is 2. The number of alkyl carbamates (subject to hydrolysis) is 1. The molecule has 0 fully saturated rings. The Balaban J connectivity index is 2.80. The van der Waals surface area contributed by atoms with Gasteiger partial charge < -0.3 is 15.4 Å². The number of anilines is 1. The molecule has 1 aromatic carbocycles. The first kappa shape index (κ1) is 20.8. The van der Waals surface area contributed by atoms with Crippen LogP contribution in [0.2, 0.25) is 5.02 Å². The quantitative estimate of drug-likeness (QED) is 0.707. The van der Waals surface area contributed by atoms with Gasteiger partial charge in [0.1, 0.15) is 11.6 Å². The van der Waals surface area contributed by atoms with Crippen LogP contribution in [0, 0.1) is 5.92 Å². The van der Waals surface area contributed by atoms with Crippen LogP contribution < -0.4 is 10.6 Å². The maximum Gasteiger partial charge on any atom is 0.408 e. The summed E-state index contributed by atoms with van der Waals surface area (Å²) in [6.07, 6.45) is -0.111. The molecule has 1 atom stereocenters. The van der Waals surface area contributed by atoms with E-state index in [9.17, 15) is 9.59 Å². The van der Waals surface area contributed by atoms with E-state index in [4.69, 9.17) is 16.3 Å². The molecule has 0 aromatic heterocycles. The summed E-state index contributed by atoms with van der Waals surface area (Å²) in [6, 6.07) is 4.40. The zero-order chi connectivity index (χ0) is 18.5. The molecule has 1 aromatic rings. The monoisotopic (exact) mass is 418 g/mol. The van der Waals surface area contributed by atoms with Gasteiger partial charge in [-0.3, -0.25) is 4.79 Å². The number of benzene rings is 1. The highest BCUT2D eigenvalue weighted by atomic mass is 79.9. The van der Waals surface area contributed by atoms with Crippen LogP contribution in [0.4, 0.5) is 10.5 Å². The van der Waals surface area contributed by atoms with Crippen LogP contribution in [0.3, 0.4) is 0 Å². The predicted molar refractivity (Wildman–Crippen MR) is 100 cm³/mol. The second-order valence-corrected chi connectivity index (χ2v) is 8.21. The third-order valence-electron chi connectivity index (χ3n) is 2.90. The average Bonchev–Trinajstić information content (AvgIpc) is 2.39. The van der Waals surface area contributed by atoms with E-state index >= 15 is 0 Å². The second-order valence-electron chi connectivity index (χ2n) is 6.95. The molecule has 0 aliphatic rings. The molecule has 1 rings (SSSR count). The maximum atomic E-state index is 12.5. The first-order valence-electron chi connectivity index (χ1n) is 7.73. The van der Waals surface area contributed by atoms with Crippen molar-refractivity contribution < 1.29 is 14.3 Å². The molecule has 0 aliphatic carbocycles. The molecule has 0 unspecified atom stereocenters. The third kappa shape index (κ3) is 7.53. The summed E-state index contributed by atoms with van der Waals surface area (Å²) < 4.78 is 5.91. The number of carbonyl (C=O) groups excluding carboxylic acids is 2. The lowest BCUT2D eigenvalue weighted by molar-refractivity contribution is -0.118. The summed E-state index contributed by atoms with van der Waals surface area (Å²) in [6.45, 7) is 9.28. The van der Waals surface area contributed by atoms with E-state index in [2.05, 4.69) is 26.6 Å². The lowest BCUT2D eigenvalue weighted by atomic mass is 10.0. The number of hydrogen-bond acceptors (Lipinski definition) is 3. The van der Waals surface area contributed by atoms with Crippen LogP contribution in [-0.2, 0) is 9.53 Å². The third-order valence-corrected chi connectivity index (χ3v) is 4.12. The van der Waals surface area contributed by atoms with Crippen molar-refractivity contribution in [1.29, 1.82) is 0 Å². The SMILES string of the molecule is CC(C)C[C@H](NC(=O)OC(C)(C)C)C(=O)Nc1ccc(Cl)c(Br)c1. The highest BCUT2D eigenvalue weighted by Crippen LogP contribution is 2.25. The number of hydrogen-bond donors (Lipinski definition) is 2. The minimum absolute atomic E-state index is 0.229. The minimum Gasteiger partial charge on any atom is -0.444 e. The van der Waals surface area contributed by atoms with Gasteiger partial charge in [0.05, 0.1) is 5.02 Å². The molecule has 134 valence electrons. The first-order valence-corrected chi connectivity index (χ1v) is 8.90. The van der Waals surface area contributed by atoms with E-state index in [1.54, 1.807) is 39.0 Å². The van der Waals surface area contributed by atoms with Gasteiger partial charge >= 0.3 is 6.09 Å². The van der Waals surface area contributed by atoms with Crippen molar-refractivity contribution in [3.05, 3.63) is 27.7 Å². The molecule has 0 bridgehead atoms. The van der Waals surface area contributed by atoms with E-state index in [1.807, 2.05) is 13.8 Å². The van der Waals surface area contributed by atoms with Gasteiger partial charge in [0, 0.05) is 10.2 Å². The predicted octanol–water partition coefficient (Wildman–Crippen LogP) is 4.98. The van der Waals surface area contributed by atoms with Crippen molar-refractivity contribution in [1.82, 2.24) is 5.32 Å². The van der Waals surface area contributed by atoms with Crippen LogP contribution in [0.5, 0.6) is 0 Å². The molecule has 0 radical (unpaired) electrons. The highest BCUT2D eigenvalue weighted by Gasteiger charge is 2.25. The molecule has 0 spiro atoms. The Morgan fingerprint density at radius 2 is 1.92 bits per heavy atom. The van der Waals surface area contributed by atoms with Crippen molar-refractivity contribution in [2.45, 2.75) is 52.7 Å². The lowest BCUT2D eigenvalue weighted by Gasteiger charge is -2.24. The lowest BCUT2D eigenvalue weighted by Crippen LogP contribution is -2.46. The molecule has 0 heterocycles. The minimum atomic E-state index is -0.686. The summed E-state index contributed by atoms with van der Waals surface area (Å²) in [5.41, 5.74) is -0.0275. The van der Waals surface area contributed by atoms with Gasteiger partial charge in [-0.1, -0.05) is 25.4 Å². The molecule has 2 N–H and O–H groups in total. The Labute approximate surface area is 156 Å². The molecule has 0 aliphatic heterocycles. The van der Waals surface area contributed by atoms with E-state index in [-0.39, 0.29) is 11.8 Å². The molecule has 7 heteroatoms. The van der Waals surface area contributed by atoms with Gasteiger partial charge in [-0.25, -0.2) is 4.79 Å². The molecule has 0 saturated heterocycles. The Morgan fingerprint density at radius 3 is 2.42 bits per heavy atom. The van der Waals surface area contributed by atoms with Crippen molar-refractivity contribution in [2.24, 2.45) is 5.92 Å². The molecular weight excluding hydrogens is 396 g/mol. The smallest absolute Gasteiger partial charge is 0.408 e. The zero-order valence-corrected chi connectivity index (χ0v) is 16.9. The fraction of sp³-hybridized carbons (Fsp3) is 0.529. The van der Waals surface area contributed by atoms with E-state index < -0.39 is 17.7 Å². The Kier molecular flexibility index (Phi) is 7.55. The summed E-state index contributed by atoms with van der Waals surface area (Å²) in [5.74, 6) is -0.0728. The fourth-order valence-electron chi connectivity index (χ4n) is 1.96. The maximum absolute atomic E-state index is 12.5. The molecule has 0 saturated carbocycles. The van der Waals surface area contributed by atoms with Crippen molar-refractivity contribution in [2.75, 3.05) is 5.32 Å². The number of carbonyl (C=O) groups is 2. The normalized spacial score (nSPS) is 12.7. The van der Waals surface area contributed by atoms with Gasteiger partial charge in [-0.15, -0.1) is 0 Å². The average molecular weight is 420 g/mol. The summed E-state index contributed by atoms with van der Waals surface area (Å²) in [7, 11) is 0. The Bertz CT molecular complexity index is 600. The number of nitrogens with one attached hydrogen (secondary N) is 2. The largest absolute Gasteiger partial charge is 0.444 e. The zero-order valence-electron chi connectivity index (χ0n) is 14.6. The molecule has 2 amide bonds. The van der Waals surface area contributed by atoms with Crippen LogP contribution in [0.25, 0.3) is 0 Å². The summed E-state index contributed by atoms with van der Waals surface area (Å²) in [4.78, 5) is 24.5. The van der Waals surface area contributed by atoms with Crippen molar-refractivity contribution in [3.8, 4) is 0 Å². The Hall–Kier alpha value is -1.27. The topological polar surface area (TPSA) is 67.4 Å². The highest BCUT2D eigenvalue weighted by molar-refractivity contribution is 9.10. The van der Waals surface area contributed by atoms with Gasteiger partial charge in [-0.05, 0) is 67.2 Å². The summed E-state index contributed by atoms with van der Waals surface area (Å²) in [5, 5.41) is 5.98. The van der Waals surface area contributed by atoms with Crippen LogP contribution >= 0.6 is 27.5 Å². The van der Waals surface area contributed by atoms with Crippen molar-refractivity contribution in [3.63, 3.8) is 0 Å². The van der Waals surface area contributed by atoms with E-state index in [1.165, 1.54) is 0 Å². The first-order chi connectivity index (χ1) is 11.0. The summed E-state index contributed by atoms with van der Waals surface area (Å²) >= 11 is 9.26. The number of rotatable bonds is 5. The van der Waals surface area contributed by atoms with Crippen molar-refractivity contribution >= 4 is 45.2 Å². The van der Waals surface area contributed by atoms with E-state index in [0.717, 1.165) is 0 Å². The van der Waals surface area contributed by atoms with Crippen LogP contribution in [0.1, 0.15) is 41.0 Å². The van der Waals surface area contributed by atoms with E-state index in [0.29, 0.717) is 21.6 Å². The Morgan fingerprint density at radius 1 is 1.29 bits per heavy atom. The second kappa shape index (κ2) is 8.72.